The fraction of sp³-hybridized carbons (Fsp3) is 0.444. The highest BCUT2D eigenvalue weighted by Gasteiger charge is 2.00. The standard InChI is InChI=1S/C18H28N6.HI/c1-4-23(3)15-13-21-18(19-2)20-12-10-16-6-8-17(9-7-16)24-14-5-11-22-24;/h5-9,11,14H,4,10,12-13,15H2,1-3H3,(H2,19,20,21);1H. The molecular weight excluding hydrogens is 427 g/mol. The number of hydrogen-bond donors (Lipinski definition) is 2. The molecule has 7 heteroatoms. The van der Waals surface area contributed by atoms with Crippen molar-refractivity contribution in [1.29, 1.82) is 0 Å². The lowest BCUT2D eigenvalue weighted by Crippen LogP contribution is -2.41. The summed E-state index contributed by atoms with van der Waals surface area (Å²) < 4.78 is 1.86. The number of rotatable bonds is 8. The molecule has 6 nitrogen and oxygen atoms in total. The summed E-state index contributed by atoms with van der Waals surface area (Å²) in [6.45, 7) is 5.96. The van der Waals surface area contributed by atoms with Gasteiger partial charge in [0.25, 0.3) is 0 Å². The van der Waals surface area contributed by atoms with Gasteiger partial charge in [-0.25, -0.2) is 4.68 Å². The Morgan fingerprint density at radius 2 is 1.92 bits per heavy atom. The van der Waals surface area contributed by atoms with Gasteiger partial charge in [-0.1, -0.05) is 19.1 Å². The maximum absolute atomic E-state index is 4.25. The molecule has 0 saturated heterocycles. The number of aliphatic imine (C=N–C) groups is 1. The second-order valence-corrected chi connectivity index (χ2v) is 5.69. The van der Waals surface area contributed by atoms with Crippen LogP contribution in [0.25, 0.3) is 5.69 Å². The predicted octanol–water partition coefficient (Wildman–Crippen LogP) is 2.15. The second kappa shape index (κ2) is 11.9. The maximum atomic E-state index is 4.25. The summed E-state index contributed by atoms with van der Waals surface area (Å²) in [5.74, 6) is 0.854. The molecule has 0 radical (unpaired) electrons. The Morgan fingerprint density at radius 1 is 1.20 bits per heavy atom. The third kappa shape index (κ3) is 7.43. The highest BCUT2D eigenvalue weighted by Crippen LogP contribution is 2.08. The third-order valence-corrected chi connectivity index (χ3v) is 3.96. The van der Waals surface area contributed by atoms with Crippen molar-refractivity contribution in [2.75, 3.05) is 40.3 Å². The molecule has 0 saturated carbocycles. The average Bonchev–Trinajstić information content (AvgIpc) is 3.15. The molecule has 0 atom stereocenters. The molecule has 0 unspecified atom stereocenters. The van der Waals surface area contributed by atoms with Crippen LogP contribution in [0.5, 0.6) is 0 Å². The zero-order chi connectivity index (χ0) is 17.2. The Kier molecular flexibility index (Phi) is 10.2. The minimum Gasteiger partial charge on any atom is -0.356 e. The fourth-order valence-electron chi connectivity index (χ4n) is 2.31. The summed E-state index contributed by atoms with van der Waals surface area (Å²) in [4.78, 5) is 6.52. The molecule has 25 heavy (non-hydrogen) atoms. The van der Waals surface area contributed by atoms with E-state index >= 15 is 0 Å². The van der Waals surface area contributed by atoms with E-state index in [9.17, 15) is 0 Å². The minimum atomic E-state index is 0. The lowest BCUT2D eigenvalue weighted by Gasteiger charge is -2.16. The van der Waals surface area contributed by atoms with Gasteiger partial charge in [0, 0.05) is 39.1 Å². The van der Waals surface area contributed by atoms with Gasteiger partial charge in [0.05, 0.1) is 5.69 Å². The first kappa shape index (κ1) is 21.4. The van der Waals surface area contributed by atoms with Crippen molar-refractivity contribution in [3.05, 3.63) is 48.3 Å². The Morgan fingerprint density at radius 3 is 2.52 bits per heavy atom. The number of guanidine groups is 1. The van der Waals surface area contributed by atoms with Crippen molar-refractivity contribution < 1.29 is 0 Å². The summed E-state index contributed by atoms with van der Waals surface area (Å²) in [5, 5.41) is 10.9. The summed E-state index contributed by atoms with van der Waals surface area (Å²) in [6.07, 6.45) is 4.69. The van der Waals surface area contributed by atoms with E-state index in [1.54, 1.807) is 13.2 Å². The first-order chi connectivity index (χ1) is 11.7. The molecule has 2 N–H and O–H groups in total. The van der Waals surface area contributed by atoms with Gasteiger partial charge < -0.3 is 15.5 Å². The van der Waals surface area contributed by atoms with E-state index in [0.29, 0.717) is 0 Å². The van der Waals surface area contributed by atoms with E-state index in [1.807, 2.05) is 16.9 Å². The van der Waals surface area contributed by atoms with Gasteiger partial charge in [-0.05, 0) is 43.8 Å². The number of halogens is 1. The molecule has 0 aliphatic heterocycles. The van der Waals surface area contributed by atoms with E-state index in [1.165, 1.54) is 5.56 Å². The van der Waals surface area contributed by atoms with Gasteiger partial charge in [-0.15, -0.1) is 24.0 Å². The molecule has 0 spiro atoms. The number of nitrogens with one attached hydrogen (secondary N) is 2. The van der Waals surface area contributed by atoms with Crippen molar-refractivity contribution in [3.8, 4) is 5.69 Å². The van der Waals surface area contributed by atoms with E-state index in [0.717, 1.165) is 44.2 Å². The van der Waals surface area contributed by atoms with E-state index in [2.05, 4.69) is 63.9 Å². The van der Waals surface area contributed by atoms with Crippen LogP contribution in [0.2, 0.25) is 0 Å². The first-order valence-corrected chi connectivity index (χ1v) is 8.45. The van der Waals surface area contributed by atoms with Crippen LogP contribution in [0.3, 0.4) is 0 Å². The summed E-state index contributed by atoms with van der Waals surface area (Å²) >= 11 is 0. The van der Waals surface area contributed by atoms with Crippen molar-refractivity contribution in [2.45, 2.75) is 13.3 Å². The van der Waals surface area contributed by atoms with Crippen LogP contribution < -0.4 is 10.6 Å². The Labute approximate surface area is 167 Å². The Bertz CT molecular complexity index is 609. The van der Waals surface area contributed by atoms with Crippen LogP contribution in [-0.2, 0) is 6.42 Å². The van der Waals surface area contributed by atoms with Gasteiger partial charge >= 0.3 is 0 Å². The van der Waals surface area contributed by atoms with Crippen LogP contribution in [0.4, 0.5) is 0 Å². The topological polar surface area (TPSA) is 57.5 Å². The number of likely N-dealkylation sites (N-methyl/N-ethyl adjacent to an activating group) is 1. The van der Waals surface area contributed by atoms with Crippen LogP contribution in [0, 0.1) is 0 Å². The van der Waals surface area contributed by atoms with Crippen molar-refractivity contribution in [3.63, 3.8) is 0 Å². The summed E-state index contributed by atoms with van der Waals surface area (Å²) in [5.41, 5.74) is 2.37. The highest BCUT2D eigenvalue weighted by molar-refractivity contribution is 14.0. The van der Waals surface area contributed by atoms with Crippen LogP contribution in [0.1, 0.15) is 12.5 Å². The normalized spacial score (nSPS) is 11.3. The molecule has 0 aliphatic rings. The first-order valence-electron chi connectivity index (χ1n) is 8.45. The quantitative estimate of drug-likeness (QED) is 0.363. The van der Waals surface area contributed by atoms with Gasteiger partial charge in [0.2, 0.25) is 0 Å². The van der Waals surface area contributed by atoms with Crippen LogP contribution >= 0.6 is 24.0 Å². The number of nitrogens with zero attached hydrogens (tertiary/aromatic N) is 4. The lowest BCUT2D eigenvalue weighted by atomic mass is 10.1. The lowest BCUT2D eigenvalue weighted by molar-refractivity contribution is 0.357. The molecular formula is C18H29IN6. The van der Waals surface area contributed by atoms with Crippen molar-refractivity contribution >= 4 is 29.9 Å². The smallest absolute Gasteiger partial charge is 0.191 e. The minimum absolute atomic E-state index is 0. The van der Waals surface area contributed by atoms with Gasteiger partial charge in [0.1, 0.15) is 0 Å². The van der Waals surface area contributed by atoms with E-state index in [4.69, 9.17) is 0 Å². The molecule has 0 fully saturated rings. The number of benzene rings is 1. The summed E-state index contributed by atoms with van der Waals surface area (Å²) in [6, 6.07) is 10.4. The van der Waals surface area contributed by atoms with E-state index < -0.39 is 0 Å². The zero-order valence-electron chi connectivity index (χ0n) is 15.3. The molecule has 0 amide bonds. The SMILES string of the molecule is CCN(C)CCNC(=NC)NCCc1ccc(-n2cccn2)cc1.I. The van der Waals surface area contributed by atoms with Gasteiger partial charge in [-0.3, -0.25) is 4.99 Å². The van der Waals surface area contributed by atoms with Gasteiger partial charge in [0.15, 0.2) is 5.96 Å². The van der Waals surface area contributed by atoms with Crippen LogP contribution in [-0.4, -0.2) is 60.9 Å². The second-order valence-electron chi connectivity index (χ2n) is 5.69. The van der Waals surface area contributed by atoms with Crippen LogP contribution in [0.15, 0.2) is 47.7 Å². The molecule has 1 aromatic heterocycles. The highest BCUT2D eigenvalue weighted by atomic mass is 127. The Hall–Kier alpha value is -1.61. The third-order valence-electron chi connectivity index (χ3n) is 3.96. The molecule has 2 aromatic rings. The Balaban J connectivity index is 0.00000312. The maximum Gasteiger partial charge on any atom is 0.191 e. The molecule has 0 aliphatic carbocycles. The van der Waals surface area contributed by atoms with Crippen molar-refractivity contribution in [2.24, 2.45) is 4.99 Å². The molecule has 2 rings (SSSR count). The molecule has 0 bridgehead atoms. The number of aromatic nitrogens is 2. The molecule has 1 heterocycles. The summed E-state index contributed by atoms with van der Waals surface area (Å²) in [7, 11) is 3.92. The monoisotopic (exact) mass is 456 g/mol. The van der Waals surface area contributed by atoms with Crippen molar-refractivity contribution in [1.82, 2.24) is 25.3 Å². The molecule has 138 valence electrons. The largest absolute Gasteiger partial charge is 0.356 e. The molecule has 1 aromatic carbocycles. The average molecular weight is 456 g/mol. The predicted molar refractivity (Wildman–Crippen MR) is 115 cm³/mol. The van der Waals surface area contributed by atoms with Gasteiger partial charge in [-0.2, -0.15) is 5.10 Å². The zero-order valence-corrected chi connectivity index (χ0v) is 17.6. The number of hydrogen-bond acceptors (Lipinski definition) is 3. The fourth-order valence-corrected chi connectivity index (χ4v) is 2.31. The van der Waals surface area contributed by atoms with E-state index in [-0.39, 0.29) is 24.0 Å².